The molecule has 328 valence electrons. The summed E-state index contributed by atoms with van der Waals surface area (Å²) in [5.74, 6) is 0. The van der Waals surface area contributed by atoms with Gasteiger partial charge >= 0.3 is 0 Å². The summed E-state index contributed by atoms with van der Waals surface area (Å²) < 4.78 is 0. The lowest BCUT2D eigenvalue weighted by Crippen LogP contribution is -2.28. The zero-order valence-electron chi connectivity index (χ0n) is 38.6. The highest BCUT2D eigenvalue weighted by Crippen LogP contribution is 2.59. The van der Waals surface area contributed by atoms with Crippen LogP contribution < -0.4 is 4.90 Å². The number of nitrogens with zero attached hydrogens (tertiary/aromatic N) is 1. The van der Waals surface area contributed by atoms with E-state index in [4.69, 9.17) is 0 Å². The van der Waals surface area contributed by atoms with Crippen molar-refractivity contribution in [3.05, 3.63) is 307 Å². The topological polar surface area (TPSA) is 3.24 Å². The van der Waals surface area contributed by atoms with Crippen LogP contribution in [0.15, 0.2) is 285 Å². The predicted octanol–water partition coefficient (Wildman–Crippen LogP) is 18.5. The molecule has 0 aromatic heterocycles. The van der Waals surface area contributed by atoms with E-state index in [1.54, 1.807) is 0 Å². The molecule has 0 atom stereocenters. The first-order valence-corrected chi connectivity index (χ1v) is 24.2. The Morgan fingerprint density at radius 1 is 0.257 bits per heavy atom. The van der Waals surface area contributed by atoms with E-state index < -0.39 is 5.41 Å². The lowest BCUT2D eigenvalue weighted by atomic mass is 9.67. The summed E-state index contributed by atoms with van der Waals surface area (Å²) in [6.45, 7) is 0. The molecule has 12 aromatic rings. The molecular formula is C69H47N. The van der Waals surface area contributed by atoms with Crippen molar-refractivity contribution in [2.75, 3.05) is 4.90 Å². The molecule has 13 rings (SSSR count). The van der Waals surface area contributed by atoms with Crippen LogP contribution in [0.2, 0.25) is 0 Å². The van der Waals surface area contributed by atoms with Gasteiger partial charge in [0.15, 0.2) is 0 Å². The maximum atomic E-state index is 2.44. The Bertz CT molecular complexity index is 3810. The molecule has 1 aliphatic rings. The molecule has 0 amide bonds. The largest absolute Gasteiger partial charge is 0.310 e. The molecule has 0 unspecified atom stereocenters. The van der Waals surface area contributed by atoms with E-state index in [0.717, 1.165) is 22.6 Å². The maximum absolute atomic E-state index is 2.44. The van der Waals surface area contributed by atoms with Crippen LogP contribution in [-0.4, -0.2) is 0 Å². The van der Waals surface area contributed by atoms with Crippen LogP contribution in [0.1, 0.15) is 22.3 Å². The molecule has 0 bridgehead atoms. The molecule has 1 heteroatoms. The van der Waals surface area contributed by atoms with Crippen molar-refractivity contribution in [3.63, 3.8) is 0 Å². The second kappa shape index (κ2) is 17.2. The summed E-state index contributed by atoms with van der Waals surface area (Å²) in [5.41, 5.74) is 20.0. The fourth-order valence-electron chi connectivity index (χ4n) is 11.3. The summed E-state index contributed by atoms with van der Waals surface area (Å²) in [4.78, 5) is 2.44. The molecule has 0 radical (unpaired) electrons. The number of anilines is 3. The van der Waals surface area contributed by atoms with Crippen molar-refractivity contribution in [1.82, 2.24) is 0 Å². The highest BCUT2D eigenvalue weighted by Gasteiger charge is 2.47. The van der Waals surface area contributed by atoms with E-state index in [1.165, 1.54) is 93.9 Å². The highest BCUT2D eigenvalue weighted by molar-refractivity contribution is 6.01. The number of fused-ring (bicyclic) bond motifs is 5. The first kappa shape index (κ1) is 41.2. The van der Waals surface area contributed by atoms with Gasteiger partial charge in [-0.15, -0.1) is 0 Å². The molecule has 0 fully saturated rings. The minimum Gasteiger partial charge on any atom is -0.310 e. The highest BCUT2D eigenvalue weighted by atomic mass is 15.1. The SMILES string of the molecule is c1ccc(C2(c3ccccc3)c3ccccc3-c3c(-c4ccccc4N(c4ccc(-c5ccc(-c6ccc7ccccc7c6)cc5)cc4)c4ccc(-c5cccc6ccccc56)cc4)cccc32)cc1. The number of para-hydroxylation sites is 1. The normalized spacial score (nSPS) is 12.4. The van der Waals surface area contributed by atoms with Gasteiger partial charge in [-0.1, -0.05) is 249 Å². The van der Waals surface area contributed by atoms with Crippen molar-refractivity contribution in [2.24, 2.45) is 0 Å². The minimum atomic E-state index is -0.500. The van der Waals surface area contributed by atoms with Gasteiger partial charge in [-0.25, -0.2) is 0 Å². The van der Waals surface area contributed by atoms with Crippen LogP contribution in [-0.2, 0) is 5.41 Å². The van der Waals surface area contributed by atoms with Crippen molar-refractivity contribution in [3.8, 4) is 55.6 Å². The molecule has 0 saturated heterocycles. The molecule has 0 spiro atoms. The molecule has 0 heterocycles. The van der Waals surface area contributed by atoms with Crippen LogP contribution in [0.25, 0.3) is 77.2 Å². The molecule has 0 N–H and O–H groups in total. The Morgan fingerprint density at radius 3 is 1.41 bits per heavy atom. The fourth-order valence-corrected chi connectivity index (χ4v) is 11.3. The third kappa shape index (κ3) is 6.86. The maximum Gasteiger partial charge on any atom is 0.0713 e. The van der Waals surface area contributed by atoms with Crippen LogP contribution in [0.4, 0.5) is 17.1 Å². The standard InChI is InChI=1S/C69H47N/c1-3-21-56(22-4-1)69(57-23-5-2-6-24-57)65-30-13-11-27-64(65)68-63(29-16-31-66(68)69)62-26-12-14-32-67(62)70(59-45-41-53(42-46-59)61-28-15-20-52-18-9-10-25-60(52)61)58-43-39-50(40-44-58)49-33-35-51(36-34-49)55-38-37-48-17-7-8-19-54(48)47-55/h1-47H. The van der Waals surface area contributed by atoms with Gasteiger partial charge in [-0.2, -0.15) is 0 Å². The Labute approximate surface area is 409 Å². The second-order valence-corrected chi connectivity index (χ2v) is 18.4. The monoisotopic (exact) mass is 889 g/mol. The van der Waals surface area contributed by atoms with Gasteiger partial charge in [0.25, 0.3) is 0 Å². The van der Waals surface area contributed by atoms with Gasteiger partial charge in [0.2, 0.25) is 0 Å². The molecule has 1 aliphatic carbocycles. The average molecular weight is 890 g/mol. The number of hydrogen-bond donors (Lipinski definition) is 0. The van der Waals surface area contributed by atoms with Crippen LogP contribution in [0.3, 0.4) is 0 Å². The molecule has 1 nitrogen and oxygen atoms in total. The van der Waals surface area contributed by atoms with Crippen LogP contribution in [0, 0.1) is 0 Å². The fraction of sp³-hybridized carbons (Fsp3) is 0.0145. The molecule has 70 heavy (non-hydrogen) atoms. The van der Waals surface area contributed by atoms with Crippen molar-refractivity contribution < 1.29 is 0 Å². The number of rotatable bonds is 9. The lowest BCUT2D eigenvalue weighted by molar-refractivity contribution is 0.768. The van der Waals surface area contributed by atoms with Crippen LogP contribution in [0.5, 0.6) is 0 Å². The van der Waals surface area contributed by atoms with Gasteiger partial charge in [-0.05, 0) is 130 Å². The Morgan fingerprint density at radius 2 is 0.714 bits per heavy atom. The Hall–Kier alpha value is -9.04. The van der Waals surface area contributed by atoms with E-state index in [0.29, 0.717) is 0 Å². The summed E-state index contributed by atoms with van der Waals surface area (Å²) in [6, 6.07) is 105. The van der Waals surface area contributed by atoms with Crippen molar-refractivity contribution in [2.45, 2.75) is 5.41 Å². The van der Waals surface area contributed by atoms with Crippen LogP contribution >= 0.6 is 0 Å². The lowest BCUT2D eigenvalue weighted by Gasteiger charge is -2.34. The van der Waals surface area contributed by atoms with Gasteiger partial charge in [-0.3, -0.25) is 0 Å². The third-order valence-electron chi connectivity index (χ3n) is 14.6. The van der Waals surface area contributed by atoms with Gasteiger partial charge in [0.05, 0.1) is 11.1 Å². The van der Waals surface area contributed by atoms with E-state index in [1.807, 2.05) is 0 Å². The molecule has 0 aliphatic heterocycles. The zero-order valence-corrected chi connectivity index (χ0v) is 38.6. The molecular weight excluding hydrogens is 843 g/mol. The smallest absolute Gasteiger partial charge is 0.0713 e. The number of hydrogen-bond acceptors (Lipinski definition) is 1. The van der Waals surface area contributed by atoms with Gasteiger partial charge in [0.1, 0.15) is 0 Å². The summed E-state index contributed by atoms with van der Waals surface area (Å²) in [6.07, 6.45) is 0. The van der Waals surface area contributed by atoms with E-state index in [2.05, 4.69) is 290 Å². The third-order valence-corrected chi connectivity index (χ3v) is 14.6. The summed E-state index contributed by atoms with van der Waals surface area (Å²) in [7, 11) is 0. The Balaban J connectivity index is 0.955. The Kier molecular flexibility index (Phi) is 10.1. The summed E-state index contributed by atoms with van der Waals surface area (Å²) >= 11 is 0. The van der Waals surface area contributed by atoms with Gasteiger partial charge < -0.3 is 4.90 Å². The molecule has 0 saturated carbocycles. The summed E-state index contributed by atoms with van der Waals surface area (Å²) in [5, 5.41) is 5.00. The zero-order chi connectivity index (χ0) is 46.4. The van der Waals surface area contributed by atoms with E-state index in [9.17, 15) is 0 Å². The minimum absolute atomic E-state index is 0.500. The van der Waals surface area contributed by atoms with E-state index >= 15 is 0 Å². The van der Waals surface area contributed by atoms with Crippen molar-refractivity contribution >= 4 is 38.6 Å². The first-order valence-electron chi connectivity index (χ1n) is 24.2. The first-order chi connectivity index (χ1) is 34.7. The number of benzene rings is 12. The van der Waals surface area contributed by atoms with E-state index in [-0.39, 0.29) is 0 Å². The average Bonchev–Trinajstić information content (AvgIpc) is 3.75. The predicted molar refractivity (Wildman–Crippen MR) is 295 cm³/mol. The quantitative estimate of drug-likeness (QED) is 0.140. The van der Waals surface area contributed by atoms with Crippen molar-refractivity contribution in [1.29, 1.82) is 0 Å². The second-order valence-electron chi connectivity index (χ2n) is 18.4. The van der Waals surface area contributed by atoms with Gasteiger partial charge in [0, 0.05) is 16.9 Å². The molecule has 12 aromatic carbocycles.